The number of para-hydroxylation sites is 1. The summed E-state index contributed by atoms with van der Waals surface area (Å²) in [6, 6.07) is 13.2. The molecule has 2 N–H and O–H groups in total. The molecule has 160 valence electrons. The third-order valence-electron chi connectivity index (χ3n) is 5.07. The fraction of sp³-hybridized carbons (Fsp3) is 0.273. The second-order valence-electron chi connectivity index (χ2n) is 7.21. The summed E-state index contributed by atoms with van der Waals surface area (Å²) in [6.45, 7) is 0.0877. The lowest BCUT2D eigenvalue weighted by Crippen LogP contribution is -2.35. The number of carbonyl (C=O) groups excluding carboxylic acids is 4. The molecule has 9 nitrogen and oxygen atoms in total. The molecule has 0 aromatic heterocycles. The van der Waals surface area contributed by atoms with Crippen LogP contribution in [0.1, 0.15) is 33.9 Å². The Morgan fingerprint density at radius 2 is 2.00 bits per heavy atom. The van der Waals surface area contributed by atoms with Gasteiger partial charge in [0.15, 0.2) is 6.61 Å². The number of imide groups is 1. The predicted octanol–water partition coefficient (Wildman–Crippen LogP) is 1.54. The molecule has 1 fully saturated rings. The molecule has 0 saturated carbocycles. The van der Waals surface area contributed by atoms with Crippen LogP contribution in [0.25, 0.3) is 0 Å². The van der Waals surface area contributed by atoms with Gasteiger partial charge in [-0.25, -0.2) is 9.59 Å². The smallest absolute Gasteiger partial charge is 0.338 e. The Bertz CT molecular complexity index is 1020. The molecule has 0 radical (unpaired) electrons. The van der Waals surface area contributed by atoms with Crippen molar-refractivity contribution in [3.63, 3.8) is 0 Å². The Hall–Kier alpha value is -3.88. The Balaban J connectivity index is 1.32. The molecule has 2 heterocycles. The predicted molar refractivity (Wildman–Crippen MR) is 108 cm³/mol. The highest BCUT2D eigenvalue weighted by molar-refractivity contribution is 6.01. The first kappa shape index (κ1) is 20.4. The van der Waals surface area contributed by atoms with E-state index in [1.165, 1.54) is 6.07 Å². The van der Waals surface area contributed by atoms with Crippen LogP contribution in [0.2, 0.25) is 0 Å². The number of fused-ring (bicyclic) bond motifs is 1. The number of carbonyl (C=O) groups is 4. The van der Waals surface area contributed by atoms with E-state index in [2.05, 4.69) is 10.6 Å². The second kappa shape index (κ2) is 8.86. The van der Waals surface area contributed by atoms with Gasteiger partial charge in [-0.1, -0.05) is 30.3 Å². The van der Waals surface area contributed by atoms with Crippen molar-refractivity contribution >= 4 is 23.8 Å². The quantitative estimate of drug-likeness (QED) is 0.538. The van der Waals surface area contributed by atoms with Gasteiger partial charge in [0.1, 0.15) is 5.75 Å². The number of benzene rings is 2. The van der Waals surface area contributed by atoms with E-state index in [0.717, 1.165) is 16.2 Å². The van der Waals surface area contributed by atoms with Gasteiger partial charge in [0.05, 0.1) is 31.3 Å². The van der Waals surface area contributed by atoms with Crippen molar-refractivity contribution in [2.24, 2.45) is 0 Å². The van der Waals surface area contributed by atoms with Crippen LogP contribution in [0.3, 0.4) is 0 Å². The van der Waals surface area contributed by atoms with Gasteiger partial charge < -0.3 is 20.1 Å². The largest absolute Gasteiger partial charge is 0.493 e. The molecule has 31 heavy (non-hydrogen) atoms. The summed E-state index contributed by atoms with van der Waals surface area (Å²) in [4.78, 5) is 49.2. The minimum atomic E-state index is -0.665. The summed E-state index contributed by atoms with van der Waals surface area (Å²) in [5.41, 5.74) is 1.72. The number of urea groups is 1. The van der Waals surface area contributed by atoms with Crippen molar-refractivity contribution in [3.05, 3.63) is 65.2 Å². The summed E-state index contributed by atoms with van der Waals surface area (Å²) in [7, 11) is 0. The molecular formula is C22H21N3O6. The third-order valence-corrected chi connectivity index (χ3v) is 5.07. The maximum absolute atomic E-state index is 12.4. The average molecular weight is 423 g/mol. The average Bonchev–Trinajstić information content (AvgIpc) is 3.10. The summed E-state index contributed by atoms with van der Waals surface area (Å²) in [5.74, 6) is -0.672. The van der Waals surface area contributed by atoms with Crippen molar-refractivity contribution in [1.82, 2.24) is 15.5 Å². The van der Waals surface area contributed by atoms with E-state index in [1.54, 1.807) is 18.2 Å². The maximum atomic E-state index is 12.4. The summed E-state index contributed by atoms with van der Waals surface area (Å²) in [6.07, 6.45) is 0.627. The molecule has 0 bridgehead atoms. The number of hydrogen-bond donors (Lipinski definition) is 2. The van der Waals surface area contributed by atoms with Crippen molar-refractivity contribution in [3.8, 4) is 5.75 Å². The van der Waals surface area contributed by atoms with Crippen molar-refractivity contribution < 1.29 is 28.7 Å². The Kier molecular flexibility index (Phi) is 5.83. The van der Waals surface area contributed by atoms with Crippen LogP contribution in [0.4, 0.5) is 4.79 Å². The number of nitrogens with one attached hydrogen (secondary N) is 2. The van der Waals surface area contributed by atoms with Crippen LogP contribution in [-0.4, -0.2) is 48.5 Å². The number of hydrogen-bond acceptors (Lipinski definition) is 6. The molecule has 4 rings (SSSR count). The van der Waals surface area contributed by atoms with Gasteiger partial charge in [-0.15, -0.1) is 0 Å². The molecule has 2 aliphatic heterocycles. The zero-order chi connectivity index (χ0) is 21.8. The first-order chi connectivity index (χ1) is 15.0. The zero-order valence-electron chi connectivity index (χ0n) is 16.6. The van der Waals surface area contributed by atoms with Gasteiger partial charge in [0, 0.05) is 12.0 Å². The highest BCUT2D eigenvalue weighted by Crippen LogP contribution is 2.31. The minimum absolute atomic E-state index is 0.0345. The van der Waals surface area contributed by atoms with E-state index >= 15 is 0 Å². The van der Waals surface area contributed by atoms with E-state index < -0.39 is 24.5 Å². The maximum Gasteiger partial charge on any atom is 0.338 e. The molecule has 1 atom stereocenters. The molecule has 2 aromatic rings. The van der Waals surface area contributed by atoms with Gasteiger partial charge in [-0.2, -0.15) is 0 Å². The van der Waals surface area contributed by atoms with Crippen LogP contribution >= 0.6 is 0 Å². The molecule has 0 spiro atoms. The fourth-order valence-corrected chi connectivity index (χ4v) is 3.54. The van der Waals surface area contributed by atoms with Gasteiger partial charge >= 0.3 is 12.0 Å². The zero-order valence-corrected chi connectivity index (χ0v) is 16.6. The lowest BCUT2D eigenvalue weighted by atomic mass is 10.0. The fourth-order valence-electron chi connectivity index (χ4n) is 3.54. The molecule has 2 aliphatic rings. The lowest BCUT2D eigenvalue weighted by molar-refractivity contribution is -0.126. The Morgan fingerprint density at radius 1 is 1.16 bits per heavy atom. The van der Waals surface area contributed by atoms with Crippen LogP contribution in [0, 0.1) is 0 Å². The number of rotatable bonds is 6. The summed E-state index contributed by atoms with van der Waals surface area (Å²) in [5, 5.41) is 5.31. The van der Waals surface area contributed by atoms with Crippen molar-refractivity contribution in [2.75, 3.05) is 19.8 Å². The monoisotopic (exact) mass is 423 g/mol. The molecule has 2 aromatic carbocycles. The molecule has 4 amide bonds. The van der Waals surface area contributed by atoms with Crippen LogP contribution in [0.5, 0.6) is 5.75 Å². The Labute approximate surface area is 178 Å². The van der Waals surface area contributed by atoms with Crippen LogP contribution < -0.4 is 15.4 Å². The van der Waals surface area contributed by atoms with Crippen LogP contribution in [-0.2, 0) is 20.9 Å². The molecular weight excluding hydrogens is 402 g/mol. The van der Waals surface area contributed by atoms with Gasteiger partial charge in [0.2, 0.25) is 5.91 Å². The topological polar surface area (TPSA) is 114 Å². The molecule has 9 heteroatoms. The normalized spacial score (nSPS) is 17.4. The lowest BCUT2D eigenvalue weighted by Gasteiger charge is -2.26. The molecule has 0 aliphatic carbocycles. The number of ether oxygens (including phenoxy) is 2. The van der Waals surface area contributed by atoms with Gasteiger partial charge in [-0.05, 0) is 23.8 Å². The number of esters is 1. The van der Waals surface area contributed by atoms with Gasteiger partial charge in [-0.3, -0.25) is 14.5 Å². The van der Waals surface area contributed by atoms with E-state index in [4.69, 9.17) is 9.47 Å². The van der Waals surface area contributed by atoms with Crippen LogP contribution in [0.15, 0.2) is 48.5 Å². The second-order valence-corrected chi connectivity index (χ2v) is 7.21. The van der Waals surface area contributed by atoms with E-state index in [9.17, 15) is 19.2 Å². The standard InChI is InChI=1S/C22H21N3O6/c26-19(24-17-8-9-30-18-7-2-1-6-16(17)18)13-31-21(28)15-5-3-4-14(10-15)12-25-20(27)11-23-22(25)29/h1-7,10,17H,8-9,11-13H2,(H,23,29)(H,24,26). The summed E-state index contributed by atoms with van der Waals surface area (Å²) < 4.78 is 10.7. The first-order valence-electron chi connectivity index (χ1n) is 9.86. The summed E-state index contributed by atoms with van der Waals surface area (Å²) >= 11 is 0. The van der Waals surface area contributed by atoms with Crippen molar-refractivity contribution in [2.45, 2.75) is 19.0 Å². The minimum Gasteiger partial charge on any atom is -0.493 e. The van der Waals surface area contributed by atoms with Gasteiger partial charge in [0.25, 0.3) is 5.91 Å². The first-order valence-corrected chi connectivity index (χ1v) is 9.86. The molecule has 1 unspecified atom stereocenters. The number of nitrogens with zero attached hydrogens (tertiary/aromatic N) is 1. The van der Waals surface area contributed by atoms with Crippen molar-refractivity contribution in [1.29, 1.82) is 0 Å². The highest BCUT2D eigenvalue weighted by Gasteiger charge is 2.28. The number of amides is 4. The Morgan fingerprint density at radius 3 is 2.81 bits per heavy atom. The van der Waals surface area contributed by atoms with E-state index in [1.807, 2.05) is 24.3 Å². The third kappa shape index (κ3) is 4.66. The SMILES string of the molecule is O=C(COC(=O)c1cccc(CN2C(=O)CNC2=O)c1)NC1CCOc2ccccc21. The van der Waals surface area contributed by atoms with E-state index in [-0.39, 0.29) is 30.6 Å². The van der Waals surface area contributed by atoms with E-state index in [0.29, 0.717) is 18.6 Å². The highest BCUT2D eigenvalue weighted by atomic mass is 16.5. The molecule has 1 saturated heterocycles.